The molecule has 164 valence electrons. The summed E-state index contributed by atoms with van der Waals surface area (Å²) < 4.78 is 8.40. The maximum atomic E-state index is 13.4. The van der Waals surface area contributed by atoms with Gasteiger partial charge in [0.1, 0.15) is 12.4 Å². The first kappa shape index (κ1) is 23.0. The van der Waals surface area contributed by atoms with Gasteiger partial charge >= 0.3 is 0 Å². The van der Waals surface area contributed by atoms with Crippen LogP contribution in [0.3, 0.4) is 0 Å². The van der Waals surface area contributed by atoms with E-state index in [2.05, 4.69) is 42.9 Å². The SMILES string of the molecule is C#CCOc1c(Cl)cc(C=Nn2c(C3CCCCC3)nc3ccc(Br)cc3c2=O)cc1Br. The van der Waals surface area contributed by atoms with Gasteiger partial charge in [-0.25, -0.2) is 4.98 Å². The molecule has 2 aromatic carbocycles. The number of ether oxygens (including phenoxy) is 1. The highest BCUT2D eigenvalue weighted by Crippen LogP contribution is 2.34. The molecule has 5 nitrogen and oxygen atoms in total. The third-order valence-corrected chi connectivity index (χ3v) is 6.81. The van der Waals surface area contributed by atoms with Gasteiger partial charge in [0.2, 0.25) is 0 Å². The molecular formula is C24H20Br2ClN3O2. The number of rotatable bonds is 5. The molecule has 0 radical (unpaired) electrons. The smallest absolute Gasteiger partial charge is 0.282 e. The minimum Gasteiger partial charge on any atom is -0.478 e. The van der Waals surface area contributed by atoms with E-state index in [-0.39, 0.29) is 18.1 Å². The lowest BCUT2D eigenvalue weighted by molar-refractivity contribution is 0.368. The Morgan fingerprint density at radius 3 is 2.75 bits per heavy atom. The minimum absolute atomic E-state index is 0.115. The van der Waals surface area contributed by atoms with E-state index in [1.807, 2.05) is 18.2 Å². The van der Waals surface area contributed by atoms with Crippen LogP contribution in [0, 0.1) is 12.3 Å². The zero-order valence-electron chi connectivity index (χ0n) is 17.2. The molecule has 1 aliphatic carbocycles. The molecule has 1 aromatic heterocycles. The van der Waals surface area contributed by atoms with E-state index in [9.17, 15) is 4.79 Å². The Morgan fingerprint density at radius 1 is 1.25 bits per heavy atom. The maximum Gasteiger partial charge on any atom is 0.282 e. The summed E-state index contributed by atoms with van der Waals surface area (Å²) in [5.74, 6) is 3.80. The fourth-order valence-corrected chi connectivity index (χ4v) is 5.28. The van der Waals surface area contributed by atoms with E-state index in [0.717, 1.165) is 30.2 Å². The standard InChI is InChI=1S/C24H20Br2ClN3O2/c1-2-10-32-22-19(26)11-15(12-20(22)27)14-28-30-23(16-6-4-3-5-7-16)29-21-9-8-17(25)13-18(21)24(30)31/h1,8-9,11-14,16H,3-7,10H2. The second-order valence-electron chi connectivity index (χ2n) is 7.63. The Hall–Kier alpha value is -2.14. The monoisotopic (exact) mass is 575 g/mol. The molecule has 0 aliphatic heterocycles. The number of hydrogen-bond donors (Lipinski definition) is 0. The van der Waals surface area contributed by atoms with Crippen LogP contribution in [0.15, 0.2) is 49.2 Å². The maximum absolute atomic E-state index is 13.4. The van der Waals surface area contributed by atoms with E-state index in [1.54, 1.807) is 18.3 Å². The molecule has 0 N–H and O–H groups in total. The van der Waals surface area contributed by atoms with Crippen molar-refractivity contribution in [1.82, 2.24) is 9.66 Å². The summed E-state index contributed by atoms with van der Waals surface area (Å²) in [6.07, 6.45) is 12.4. The van der Waals surface area contributed by atoms with Gasteiger partial charge in [-0.15, -0.1) is 6.42 Å². The highest BCUT2D eigenvalue weighted by molar-refractivity contribution is 9.10. The minimum atomic E-state index is -0.188. The van der Waals surface area contributed by atoms with Crippen LogP contribution in [0.4, 0.5) is 0 Å². The molecule has 8 heteroatoms. The van der Waals surface area contributed by atoms with Gasteiger partial charge in [-0.05, 0) is 64.7 Å². The van der Waals surface area contributed by atoms with Crippen LogP contribution in [-0.2, 0) is 0 Å². The summed E-state index contributed by atoms with van der Waals surface area (Å²) in [6, 6.07) is 9.09. The topological polar surface area (TPSA) is 56.5 Å². The molecule has 1 aliphatic rings. The van der Waals surface area contributed by atoms with Crippen LogP contribution in [0.25, 0.3) is 10.9 Å². The average Bonchev–Trinajstić information content (AvgIpc) is 2.79. The second-order valence-corrected chi connectivity index (χ2v) is 9.81. The van der Waals surface area contributed by atoms with Gasteiger partial charge in [-0.3, -0.25) is 4.79 Å². The quantitative estimate of drug-likeness (QED) is 0.256. The number of halogens is 3. The highest BCUT2D eigenvalue weighted by Gasteiger charge is 2.22. The van der Waals surface area contributed by atoms with Crippen molar-refractivity contribution in [1.29, 1.82) is 0 Å². The fourth-order valence-electron chi connectivity index (χ4n) is 3.93. The normalized spacial score (nSPS) is 14.7. The first-order valence-corrected chi connectivity index (χ1v) is 12.3. The first-order chi connectivity index (χ1) is 15.5. The van der Waals surface area contributed by atoms with E-state index in [1.165, 1.54) is 11.1 Å². The molecule has 0 amide bonds. The summed E-state index contributed by atoms with van der Waals surface area (Å²) in [4.78, 5) is 18.2. The second kappa shape index (κ2) is 10.2. The Balaban J connectivity index is 1.79. The Labute approximate surface area is 208 Å². The van der Waals surface area contributed by atoms with Crippen molar-refractivity contribution in [3.05, 3.63) is 66.0 Å². The van der Waals surface area contributed by atoms with E-state index >= 15 is 0 Å². The molecule has 0 bridgehead atoms. The molecule has 3 aromatic rings. The van der Waals surface area contributed by atoms with Crippen LogP contribution in [0.2, 0.25) is 5.02 Å². The zero-order chi connectivity index (χ0) is 22.7. The van der Waals surface area contributed by atoms with Gasteiger partial charge in [0, 0.05) is 10.4 Å². The summed E-state index contributed by atoms with van der Waals surface area (Å²) >= 11 is 13.3. The number of hydrogen-bond acceptors (Lipinski definition) is 4. The molecule has 1 fully saturated rings. The van der Waals surface area contributed by atoms with Gasteiger partial charge < -0.3 is 4.74 Å². The summed E-state index contributed by atoms with van der Waals surface area (Å²) in [5, 5.41) is 5.47. The molecule has 32 heavy (non-hydrogen) atoms. The van der Waals surface area contributed by atoms with E-state index < -0.39 is 0 Å². The summed E-state index contributed by atoms with van der Waals surface area (Å²) in [5.41, 5.74) is 1.21. The average molecular weight is 578 g/mol. The lowest BCUT2D eigenvalue weighted by Crippen LogP contribution is -2.25. The number of terminal acetylenes is 1. The first-order valence-electron chi connectivity index (χ1n) is 10.3. The number of fused-ring (bicyclic) bond motifs is 1. The van der Waals surface area contributed by atoms with Crippen LogP contribution >= 0.6 is 43.5 Å². The third kappa shape index (κ3) is 4.93. The lowest BCUT2D eigenvalue weighted by atomic mass is 9.88. The predicted molar refractivity (Wildman–Crippen MR) is 136 cm³/mol. The Bertz CT molecular complexity index is 1270. The summed E-state index contributed by atoms with van der Waals surface area (Å²) in [6.45, 7) is 0.115. The highest BCUT2D eigenvalue weighted by atomic mass is 79.9. The van der Waals surface area contributed by atoms with Crippen molar-refractivity contribution in [2.75, 3.05) is 6.61 Å². The van der Waals surface area contributed by atoms with E-state index in [0.29, 0.717) is 37.5 Å². The van der Waals surface area contributed by atoms with Crippen molar-refractivity contribution in [2.45, 2.75) is 38.0 Å². The molecule has 0 spiro atoms. The molecular weight excluding hydrogens is 558 g/mol. The van der Waals surface area contributed by atoms with Crippen LogP contribution < -0.4 is 10.3 Å². The summed E-state index contributed by atoms with van der Waals surface area (Å²) in [7, 11) is 0. The van der Waals surface area contributed by atoms with Gasteiger partial charge in [0.15, 0.2) is 5.75 Å². The van der Waals surface area contributed by atoms with Crippen LogP contribution in [-0.4, -0.2) is 22.5 Å². The van der Waals surface area contributed by atoms with E-state index in [4.69, 9.17) is 27.7 Å². The largest absolute Gasteiger partial charge is 0.478 e. The third-order valence-electron chi connectivity index (χ3n) is 5.45. The lowest BCUT2D eigenvalue weighted by Gasteiger charge is -2.22. The molecule has 0 saturated heterocycles. The van der Waals surface area contributed by atoms with Crippen molar-refractivity contribution in [3.8, 4) is 18.1 Å². The number of nitrogens with zero attached hydrogens (tertiary/aromatic N) is 3. The van der Waals surface area contributed by atoms with Crippen LogP contribution in [0.5, 0.6) is 5.75 Å². The van der Waals surface area contributed by atoms with Crippen LogP contribution in [0.1, 0.15) is 49.4 Å². The van der Waals surface area contributed by atoms with Gasteiger partial charge in [0.05, 0.1) is 26.6 Å². The predicted octanol–water partition coefficient (Wildman–Crippen LogP) is 6.52. The van der Waals surface area contributed by atoms with Gasteiger partial charge in [-0.1, -0.05) is 52.7 Å². The van der Waals surface area contributed by atoms with Gasteiger partial charge in [0.25, 0.3) is 5.56 Å². The van der Waals surface area contributed by atoms with Crippen molar-refractivity contribution >= 4 is 60.6 Å². The van der Waals surface area contributed by atoms with Crippen molar-refractivity contribution in [2.24, 2.45) is 5.10 Å². The fraction of sp³-hybridized carbons (Fsp3) is 0.292. The van der Waals surface area contributed by atoms with Crippen molar-refractivity contribution in [3.63, 3.8) is 0 Å². The number of aromatic nitrogens is 2. The van der Waals surface area contributed by atoms with Gasteiger partial charge in [-0.2, -0.15) is 9.78 Å². The molecule has 4 rings (SSSR count). The van der Waals surface area contributed by atoms with Crippen molar-refractivity contribution < 1.29 is 4.74 Å². The Morgan fingerprint density at radius 2 is 2.03 bits per heavy atom. The molecule has 0 unspecified atom stereocenters. The molecule has 0 atom stereocenters. The Kier molecular flexibility index (Phi) is 7.34. The molecule has 1 heterocycles. The zero-order valence-corrected chi connectivity index (χ0v) is 21.1. The number of benzene rings is 2. The molecule has 1 saturated carbocycles.